The summed E-state index contributed by atoms with van der Waals surface area (Å²) in [6, 6.07) is 0.307. The molecule has 5 heteroatoms. The summed E-state index contributed by atoms with van der Waals surface area (Å²) < 4.78 is 0. The highest BCUT2D eigenvalue weighted by molar-refractivity contribution is 6.29. The van der Waals surface area contributed by atoms with E-state index in [2.05, 4.69) is 16.9 Å². The number of rotatable bonds is 2. The zero-order chi connectivity index (χ0) is 13.1. The van der Waals surface area contributed by atoms with E-state index in [0.717, 1.165) is 12.8 Å². The van der Waals surface area contributed by atoms with Gasteiger partial charge in [-0.3, -0.25) is 9.78 Å². The molecule has 98 valence electrons. The van der Waals surface area contributed by atoms with Crippen molar-refractivity contribution in [2.24, 2.45) is 5.92 Å². The van der Waals surface area contributed by atoms with Crippen LogP contribution in [-0.4, -0.2) is 33.9 Å². The average Bonchev–Trinajstić information content (AvgIpc) is 2.37. The largest absolute Gasteiger partial charge is 0.337 e. The van der Waals surface area contributed by atoms with E-state index >= 15 is 0 Å². The van der Waals surface area contributed by atoms with E-state index in [1.54, 1.807) is 4.90 Å². The minimum Gasteiger partial charge on any atom is -0.337 e. The van der Waals surface area contributed by atoms with Gasteiger partial charge in [-0.1, -0.05) is 31.4 Å². The second-order valence-electron chi connectivity index (χ2n) is 5.07. The summed E-state index contributed by atoms with van der Waals surface area (Å²) in [5, 5.41) is 0.256. The Morgan fingerprint density at radius 1 is 1.44 bits per heavy atom. The maximum atomic E-state index is 12.3. The van der Waals surface area contributed by atoms with Gasteiger partial charge in [0.25, 0.3) is 5.91 Å². The molecule has 1 aromatic heterocycles. The Bertz CT molecular complexity index is 438. The van der Waals surface area contributed by atoms with Crippen molar-refractivity contribution in [2.75, 3.05) is 7.05 Å². The zero-order valence-corrected chi connectivity index (χ0v) is 11.5. The quantitative estimate of drug-likeness (QED) is 0.828. The number of amides is 1. The van der Waals surface area contributed by atoms with Crippen LogP contribution in [0.4, 0.5) is 0 Å². The van der Waals surface area contributed by atoms with Gasteiger partial charge < -0.3 is 4.90 Å². The lowest BCUT2D eigenvalue weighted by atomic mass is 9.86. The van der Waals surface area contributed by atoms with Crippen molar-refractivity contribution < 1.29 is 4.79 Å². The van der Waals surface area contributed by atoms with Gasteiger partial charge in [0.1, 0.15) is 10.8 Å². The molecule has 0 N–H and O–H groups in total. The first-order valence-electron chi connectivity index (χ1n) is 6.32. The number of hydrogen-bond acceptors (Lipinski definition) is 3. The molecule has 1 aromatic rings. The lowest BCUT2D eigenvalue weighted by Gasteiger charge is -2.33. The smallest absolute Gasteiger partial charge is 0.274 e. The van der Waals surface area contributed by atoms with Crippen LogP contribution in [0.5, 0.6) is 0 Å². The van der Waals surface area contributed by atoms with Crippen LogP contribution in [0.15, 0.2) is 12.4 Å². The highest BCUT2D eigenvalue weighted by Crippen LogP contribution is 2.27. The van der Waals surface area contributed by atoms with Crippen molar-refractivity contribution in [1.82, 2.24) is 14.9 Å². The van der Waals surface area contributed by atoms with Crippen molar-refractivity contribution in [1.29, 1.82) is 0 Å². The number of carbonyl (C=O) groups is 1. The van der Waals surface area contributed by atoms with E-state index in [9.17, 15) is 4.79 Å². The molecule has 2 atom stereocenters. The fourth-order valence-corrected chi connectivity index (χ4v) is 2.69. The van der Waals surface area contributed by atoms with E-state index in [1.165, 1.54) is 25.2 Å². The van der Waals surface area contributed by atoms with Crippen molar-refractivity contribution in [3.63, 3.8) is 0 Å². The van der Waals surface area contributed by atoms with Crippen LogP contribution in [0.25, 0.3) is 0 Å². The molecule has 18 heavy (non-hydrogen) atoms. The monoisotopic (exact) mass is 267 g/mol. The van der Waals surface area contributed by atoms with E-state index < -0.39 is 0 Å². The third-order valence-corrected chi connectivity index (χ3v) is 3.78. The molecule has 0 aromatic carbocycles. The third kappa shape index (κ3) is 2.99. The van der Waals surface area contributed by atoms with Crippen LogP contribution >= 0.6 is 11.6 Å². The second kappa shape index (κ2) is 5.65. The number of hydrogen-bond donors (Lipinski definition) is 0. The summed E-state index contributed by atoms with van der Waals surface area (Å²) in [5.41, 5.74) is 0.322. The van der Waals surface area contributed by atoms with Gasteiger partial charge in [0, 0.05) is 13.1 Å². The topological polar surface area (TPSA) is 46.1 Å². The first-order valence-corrected chi connectivity index (χ1v) is 6.70. The third-order valence-electron chi connectivity index (χ3n) is 3.60. The molecule has 1 fully saturated rings. The van der Waals surface area contributed by atoms with Crippen molar-refractivity contribution in [3.8, 4) is 0 Å². The summed E-state index contributed by atoms with van der Waals surface area (Å²) in [6.45, 7) is 2.24. The SMILES string of the molecule is CC1CCCC(N(C)C(=O)c2cncc(Cl)n2)C1. The van der Waals surface area contributed by atoms with Gasteiger partial charge in [-0.15, -0.1) is 0 Å². The summed E-state index contributed by atoms with van der Waals surface area (Å²) in [5.74, 6) is 0.591. The summed E-state index contributed by atoms with van der Waals surface area (Å²) in [7, 11) is 1.84. The van der Waals surface area contributed by atoms with Crippen LogP contribution in [0.2, 0.25) is 5.15 Å². The Labute approximate surface area is 112 Å². The summed E-state index contributed by atoms with van der Waals surface area (Å²) in [6.07, 6.45) is 7.48. The zero-order valence-electron chi connectivity index (χ0n) is 10.8. The van der Waals surface area contributed by atoms with Crippen LogP contribution in [-0.2, 0) is 0 Å². The molecular formula is C13H18ClN3O. The normalized spacial score (nSPS) is 23.7. The highest BCUT2D eigenvalue weighted by Gasteiger charge is 2.26. The Balaban J connectivity index is 2.08. The highest BCUT2D eigenvalue weighted by atomic mass is 35.5. The maximum absolute atomic E-state index is 12.3. The standard InChI is InChI=1S/C13H18ClN3O/c1-9-4-3-5-10(6-9)17(2)13(18)11-7-15-8-12(14)16-11/h7-10H,3-6H2,1-2H3. The first-order chi connectivity index (χ1) is 8.58. The fourth-order valence-electron chi connectivity index (χ4n) is 2.55. The molecule has 1 aliphatic carbocycles. The fraction of sp³-hybridized carbons (Fsp3) is 0.615. The van der Waals surface area contributed by atoms with E-state index in [-0.39, 0.29) is 11.1 Å². The molecular weight excluding hydrogens is 250 g/mol. The number of carbonyl (C=O) groups excluding carboxylic acids is 1. The molecule has 0 radical (unpaired) electrons. The first kappa shape index (κ1) is 13.3. The van der Waals surface area contributed by atoms with E-state index in [4.69, 9.17) is 11.6 Å². The predicted molar refractivity (Wildman–Crippen MR) is 70.6 cm³/mol. The Hall–Kier alpha value is -1.16. The lowest BCUT2D eigenvalue weighted by molar-refractivity contribution is 0.0666. The number of aromatic nitrogens is 2. The molecule has 1 amide bonds. The minimum atomic E-state index is -0.0934. The van der Waals surface area contributed by atoms with Crippen LogP contribution in [0, 0.1) is 5.92 Å². The molecule has 1 saturated carbocycles. The van der Waals surface area contributed by atoms with E-state index in [0.29, 0.717) is 17.7 Å². The molecule has 2 unspecified atom stereocenters. The van der Waals surface area contributed by atoms with Gasteiger partial charge >= 0.3 is 0 Å². The van der Waals surface area contributed by atoms with Crippen LogP contribution in [0.1, 0.15) is 43.1 Å². The van der Waals surface area contributed by atoms with E-state index in [1.807, 2.05) is 7.05 Å². The van der Waals surface area contributed by atoms with Crippen molar-refractivity contribution in [2.45, 2.75) is 38.6 Å². The minimum absolute atomic E-state index is 0.0934. The molecule has 0 saturated heterocycles. The molecule has 1 heterocycles. The Morgan fingerprint density at radius 2 is 2.22 bits per heavy atom. The maximum Gasteiger partial charge on any atom is 0.274 e. The Kier molecular flexibility index (Phi) is 4.17. The summed E-state index contributed by atoms with van der Waals surface area (Å²) in [4.78, 5) is 22.0. The lowest BCUT2D eigenvalue weighted by Crippen LogP contribution is -2.40. The molecule has 0 aliphatic heterocycles. The van der Waals surface area contributed by atoms with Crippen molar-refractivity contribution >= 4 is 17.5 Å². The van der Waals surface area contributed by atoms with Gasteiger partial charge in [-0.2, -0.15) is 0 Å². The Morgan fingerprint density at radius 3 is 2.89 bits per heavy atom. The van der Waals surface area contributed by atoms with Crippen LogP contribution < -0.4 is 0 Å². The predicted octanol–water partition coefficient (Wildman–Crippen LogP) is 2.78. The molecule has 0 spiro atoms. The summed E-state index contributed by atoms with van der Waals surface area (Å²) >= 11 is 5.76. The van der Waals surface area contributed by atoms with Gasteiger partial charge in [0.2, 0.25) is 0 Å². The van der Waals surface area contributed by atoms with Gasteiger partial charge in [-0.05, 0) is 18.8 Å². The van der Waals surface area contributed by atoms with Gasteiger partial charge in [0.15, 0.2) is 0 Å². The number of nitrogens with zero attached hydrogens (tertiary/aromatic N) is 3. The molecule has 1 aliphatic rings. The molecule has 2 rings (SSSR count). The second-order valence-corrected chi connectivity index (χ2v) is 5.46. The van der Waals surface area contributed by atoms with Crippen LogP contribution in [0.3, 0.4) is 0 Å². The van der Waals surface area contributed by atoms with Gasteiger partial charge in [0.05, 0.1) is 12.4 Å². The molecule has 0 bridgehead atoms. The average molecular weight is 268 g/mol. The van der Waals surface area contributed by atoms with Gasteiger partial charge in [-0.25, -0.2) is 4.98 Å². The number of halogens is 1. The van der Waals surface area contributed by atoms with Crippen molar-refractivity contribution in [3.05, 3.63) is 23.2 Å². The molecule has 4 nitrogen and oxygen atoms in total.